The summed E-state index contributed by atoms with van der Waals surface area (Å²) < 4.78 is 0. The van der Waals surface area contributed by atoms with Gasteiger partial charge in [-0.05, 0) is 23.3 Å². The molecule has 0 saturated carbocycles. The number of aldehydes is 1. The fraction of sp³-hybridized carbons (Fsp3) is 0. The largest absolute Gasteiger partial charge is 0.399 e. The molecule has 2 aromatic carbocycles. The highest BCUT2D eigenvalue weighted by Gasteiger charge is 1.97. The van der Waals surface area contributed by atoms with Crippen LogP contribution in [0.3, 0.4) is 0 Å². The van der Waals surface area contributed by atoms with E-state index in [4.69, 9.17) is 5.73 Å². The highest BCUT2D eigenvalue weighted by molar-refractivity contribution is 5.77. The van der Waals surface area contributed by atoms with Crippen LogP contribution in [0.2, 0.25) is 0 Å². The lowest BCUT2D eigenvalue weighted by Crippen LogP contribution is -1.84. The van der Waals surface area contributed by atoms with E-state index in [0.29, 0.717) is 5.56 Å². The Balaban J connectivity index is 2.37. The zero-order valence-corrected chi connectivity index (χ0v) is 8.18. The van der Waals surface area contributed by atoms with E-state index in [1.165, 1.54) is 0 Å². The van der Waals surface area contributed by atoms with Gasteiger partial charge >= 0.3 is 0 Å². The van der Waals surface area contributed by atoms with Crippen molar-refractivity contribution in [3.63, 3.8) is 0 Å². The molecular formula is C13H11NO. The number of nitrogens with two attached hydrogens (primary N) is 1. The van der Waals surface area contributed by atoms with Crippen molar-refractivity contribution < 1.29 is 4.79 Å². The van der Waals surface area contributed by atoms with Crippen molar-refractivity contribution in [2.45, 2.75) is 0 Å². The van der Waals surface area contributed by atoms with E-state index in [1.54, 1.807) is 12.1 Å². The van der Waals surface area contributed by atoms with E-state index in [2.05, 4.69) is 0 Å². The lowest BCUT2D eigenvalue weighted by atomic mass is 10.0. The number of nitrogen functional groups attached to an aromatic ring is 1. The molecule has 0 amide bonds. The number of hydrogen-bond donors (Lipinski definition) is 1. The predicted molar refractivity (Wildman–Crippen MR) is 61.7 cm³/mol. The predicted octanol–water partition coefficient (Wildman–Crippen LogP) is 2.75. The molecule has 2 heteroatoms. The Morgan fingerprint density at radius 1 is 0.800 bits per heavy atom. The molecule has 0 fully saturated rings. The van der Waals surface area contributed by atoms with Gasteiger partial charge < -0.3 is 5.73 Å². The Morgan fingerprint density at radius 2 is 1.27 bits per heavy atom. The monoisotopic (exact) mass is 197 g/mol. The summed E-state index contributed by atoms with van der Waals surface area (Å²) in [7, 11) is 0. The smallest absolute Gasteiger partial charge is 0.150 e. The second-order valence-corrected chi connectivity index (χ2v) is 3.36. The standard InChI is InChI=1S/C13H11NO/c14-13-7-5-12(6-8-13)11-3-1-10(9-15)2-4-11/h1-9H,14H2. The molecule has 0 aliphatic carbocycles. The third-order valence-electron chi connectivity index (χ3n) is 2.29. The molecule has 2 nitrogen and oxygen atoms in total. The van der Waals surface area contributed by atoms with Crippen molar-refractivity contribution in [2.75, 3.05) is 5.73 Å². The van der Waals surface area contributed by atoms with Crippen LogP contribution in [0.4, 0.5) is 5.69 Å². The van der Waals surface area contributed by atoms with Gasteiger partial charge in [-0.1, -0.05) is 36.4 Å². The Hall–Kier alpha value is -2.09. The Bertz CT molecular complexity index is 457. The van der Waals surface area contributed by atoms with E-state index < -0.39 is 0 Å². The van der Waals surface area contributed by atoms with Crippen LogP contribution >= 0.6 is 0 Å². The summed E-state index contributed by atoms with van der Waals surface area (Å²) in [6, 6.07) is 15.1. The minimum Gasteiger partial charge on any atom is -0.399 e. The summed E-state index contributed by atoms with van der Waals surface area (Å²) >= 11 is 0. The average Bonchev–Trinajstić information content (AvgIpc) is 2.30. The van der Waals surface area contributed by atoms with Gasteiger partial charge in [0.05, 0.1) is 0 Å². The van der Waals surface area contributed by atoms with Crippen LogP contribution in [0.15, 0.2) is 48.5 Å². The maximum atomic E-state index is 10.5. The van der Waals surface area contributed by atoms with Crippen LogP contribution in [0, 0.1) is 0 Å². The number of hydrogen-bond acceptors (Lipinski definition) is 2. The molecule has 0 radical (unpaired) electrons. The molecule has 0 spiro atoms. The first-order valence-electron chi connectivity index (χ1n) is 4.71. The summed E-state index contributed by atoms with van der Waals surface area (Å²) in [5.74, 6) is 0. The van der Waals surface area contributed by atoms with Crippen LogP contribution in [0.25, 0.3) is 11.1 Å². The van der Waals surface area contributed by atoms with E-state index in [0.717, 1.165) is 23.1 Å². The topological polar surface area (TPSA) is 43.1 Å². The molecule has 74 valence electrons. The van der Waals surface area contributed by atoms with Crippen molar-refractivity contribution in [3.05, 3.63) is 54.1 Å². The number of carbonyl (C=O) groups excluding carboxylic acids is 1. The Morgan fingerprint density at radius 3 is 1.73 bits per heavy atom. The molecular weight excluding hydrogens is 186 g/mol. The summed E-state index contributed by atoms with van der Waals surface area (Å²) in [6.07, 6.45) is 0.840. The van der Waals surface area contributed by atoms with E-state index in [1.807, 2.05) is 36.4 Å². The average molecular weight is 197 g/mol. The van der Waals surface area contributed by atoms with Crippen molar-refractivity contribution in [3.8, 4) is 11.1 Å². The number of carbonyl (C=O) groups is 1. The molecule has 2 aromatic rings. The Kier molecular flexibility index (Phi) is 2.50. The lowest BCUT2D eigenvalue weighted by Gasteiger charge is -2.02. The number of benzene rings is 2. The summed E-state index contributed by atoms with van der Waals surface area (Å²) in [5.41, 5.74) is 9.23. The minimum atomic E-state index is 0.689. The first-order valence-corrected chi connectivity index (χ1v) is 4.71. The highest BCUT2D eigenvalue weighted by atomic mass is 16.1. The van der Waals surface area contributed by atoms with Crippen LogP contribution < -0.4 is 5.73 Å². The number of rotatable bonds is 2. The van der Waals surface area contributed by atoms with E-state index in [-0.39, 0.29) is 0 Å². The zero-order valence-electron chi connectivity index (χ0n) is 8.18. The molecule has 15 heavy (non-hydrogen) atoms. The van der Waals surface area contributed by atoms with Gasteiger partial charge in [0, 0.05) is 11.3 Å². The van der Waals surface area contributed by atoms with Crippen molar-refractivity contribution >= 4 is 12.0 Å². The van der Waals surface area contributed by atoms with Gasteiger partial charge in [0.25, 0.3) is 0 Å². The minimum absolute atomic E-state index is 0.689. The Labute approximate surface area is 88.4 Å². The SMILES string of the molecule is Nc1ccc(-c2ccc(C=O)cc2)cc1. The third kappa shape index (κ3) is 2.05. The quantitative estimate of drug-likeness (QED) is 0.594. The van der Waals surface area contributed by atoms with Gasteiger partial charge in [-0.15, -0.1) is 0 Å². The normalized spacial score (nSPS) is 9.87. The van der Waals surface area contributed by atoms with Crippen molar-refractivity contribution in [1.82, 2.24) is 0 Å². The molecule has 2 N–H and O–H groups in total. The van der Waals surface area contributed by atoms with Crippen molar-refractivity contribution in [2.24, 2.45) is 0 Å². The highest BCUT2D eigenvalue weighted by Crippen LogP contribution is 2.20. The van der Waals surface area contributed by atoms with Gasteiger partial charge in [-0.2, -0.15) is 0 Å². The first-order chi connectivity index (χ1) is 7.29. The molecule has 0 aromatic heterocycles. The van der Waals surface area contributed by atoms with Crippen LogP contribution in [-0.2, 0) is 0 Å². The fourth-order valence-electron chi connectivity index (χ4n) is 1.43. The van der Waals surface area contributed by atoms with E-state index in [9.17, 15) is 4.79 Å². The van der Waals surface area contributed by atoms with Gasteiger partial charge in [-0.25, -0.2) is 0 Å². The molecule has 0 saturated heterocycles. The van der Waals surface area contributed by atoms with Crippen LogP contribution in [0.5, 0.6) is 0 Å². The van der Waals surface area contributed by atoms with Gasteiger partial charge in [0.1, 0.15) is 6.29 Å². The summed E-state index contributed by atoms with van der Waals surface area (Å²) in [5, 5.41) is 0. The maximum absolute atomic E-state index is 10.5. The third-order valence-corrected chi connectivity index (χ3v) is 2.29. The maximum Gasteiger partial charge on any atom is 0.150 e. The second kappa shape index (κ2) is 3.96. The molecule has 2 rings (SSSR count). The lowest BCUT2D eigenvalue weighted by molar-refractivity contribution is 0.112. The van der Waals surface area contributed by atoms with Gasteiger partial charge in [0.2, 0.25) is 0 Å². The van der Waals surface area contributed by atoms with Crippen molar-refractivity contribution in [1.29, 1.82) is 0 Å². The van der Waals surface area contributed by atoms with Gasteiger partial charge in [-0.3, -0.25) is 4.79 Å². The first kappa shape index (κ1) is 9.46. The van der Waals surface area contributed by atoms with Crippen LogP contribution in [-0.4, -0.2) is 6.29 Å². The molecule has 0 bridgehead atoms. The summed E-state index contributed by atoms with van der Waals surface area (Å²) in [4.78, 5) is 10.5. The molecule has 0 aliphatic heterocycles. The van der Waals surface area contributed by atoms with Crippen LogP contribution in [0.1, 0.15) is 10.4 Å². The molecule has 0 heterocycles. The molecule has 0 aliphatic rings. The molecule has 0 unspecified atom stereocenters. The summed E-state index contributed by atoms with van der Waals surface area (Å²) in [6.45, 7) is 0. The number of anilines is 1. The van der Waals surface area contributed by atoms with Gasteiger partial charge in [0.15, 0.2) is 0 Å². The fourth-order valence-corrected chi connectivity index (χ4v) is 1.43. The zero-order chi connectivity index (χ0) is 10.7. The molecule has 0 atom stereocenters. The van der Waals surface area contributed by atoms with E-state index >= 15 is 0 Å². The second-order valence-electron chi connectivity index (χ2n) is 3.36.